The Hall–Kier alpha value is -1.16. The largest absolute Gasteiger partial charge is 0.341 e. The van der Waals surface area contributed by atoms with Gasteiger partial charge in [-0.05, 0) is 0 Å². The lowest BCUT2D eigenvalue weighted by atomic mass is 10.6. The molecule has 0 amide bonds. The number of imidazole rings is 1. The number of aromatic amines is 1. The molecule has 2 aromatic heterocycles. The van der Waals surface area contributed by atoms with Crippen molar-refractivity contribution in [3.05, 3.63) is 17.8 Å². The number of hydrogen-bond acceptors (Lipinski definition) is 3. The van der Waals surface area contributed by atoms with E-state index < -0.39 is 0 Å². The average molecular weight is 157 g/mol. The highest BCUT2D eigenvalue weighted by molar-refractivity contribution is 6.33. The van der Waals surface area contributed by atoms with Crippen molar-refractivity contribution in [2.45, 2.75) is 0 Å². The van der Waals surface area contributed by atoms with Crippen LogP contribution in [-0.4, -0.2) is 19.9 Å². The van der Waals surface area contributed by atoms with Gasteiger partial charge >= 0.3 is 0 Å². The van der Waals surface area contributed by atoms with Crippen molar-refractivity contribution in [2.24, 2.45) is 0 Å². The molecular weight excluding hydrogens is 154 g/mol. The molecule has 0 atom stereocenters. The first-order valence-corrected chi connectivity index (χ1v) is 3.05. The number of hydrogen-bond donors (Lipinski definition) is 1. The van der Waals surface area contributed by atoms with E-state index in [1.807, 2.05) is 0 Å². The van der Waals surface area contributed by atoms with E-state index in [1.165, 1.54) is 12.7 Å². The number of fused-ring (bicyclic) bond motifs is 1. The Bertz CT molecular complexity index is 355. The number of nitrogens with one attached hydrogen (secondary N) is 1. The minimum absolute atomic E-state index is 0.405. The molecular formula is C5H3ClN4. The molecule has 2 heterocycles. The number of rotatable bonds is 0. The molecule has 0 radical (unpaired) electrons. The Balaban J connectivity index is 2.95. The van der Waals surface area contributed by atoms with Gasteiger partial charge in [0.15, 0.2) is 10.8 Å². The summed E-state index contributed by atoms with van der Waals surface area (Å²) < 4.78 is 0. The highest BCUT2D eigenvalue weighted by Crippen LogP contribution is 2.13. The van der Waals surface area contributed by atoms with E-state index in [9.17, 15) is 0 Å². The van der Waals surface area contributed by atoms with Crippen LogP contribution in [0.25, 0.3) is 11.2 Å². The Morgan fingerprint density at radius 3 is 3.00 bits per heavy atom. The summed E-state index contributed by atoms with van der Waals surface area (Å²) in [7, 11) is 0. The van der Waals surface area contributed by atoms with Crippen LogP contribution >= 0.6 is 11.6 Å². The quantitative estimate of drug-likeness (QED) is 0.579. The molecule has 10 heavy (non-hydrogen) atoms. The van der Waals surface area contributed by atoms with E-state index in [4.69, 9.17) is 11.6 Å². The van der Waals surface area contributed by atoms with Crippen LogP contribution in [0.15, 0.2) is 12.7 Å². The van der Waals surface area contributed by atoms with Crippen molar-refractivity contribution in [2.75, 3.05) is 0 Å². The minimum Gasteiger partial charge on any atom is -0.341 e. The van der Waals surface area contributed by atoms with E-state index in [0.717, 1.165) is 0 Å². The summed E-state index contributed by atoms with van der Waals surface area (Å²) in [6, 6.07) is 0. The monoisotopic (exact) mass is 156 g/mol. The first kappa shape index (κ1) is 5.61. The normalized spacial score (nSPS) is 10.5. The van der Waals surface area contributed by atoms with Crippen molar-refractivity contribution < 1.29 is 0 Å². The van der Waals surface area contributed by atoms with Crippen molar-refractivity contribution >= 4 is 22.8 Å². The summed E-state index contributed by atoms with van der Waals surface area (Å²) in [4.78, 5) is 14.3. The molecule has 0 aliphatic heterocycles. The molecule has 0 unspecified atom stereocenters. The average Bonchev–Trinajstić information content (AvgIpc) is 2.36. The van der Waals surface area contributed by atoms with Crippen LogP contribution in [0.2, 0.25) is 5.15 Å². The first-order valence-electron chi connectivity index (χ1n) is 2.67. The predicted octanol–water partition coefficient (Wildman–Crippen LogP) is 1.01. The smallest absolute Gasteiger partial charge is 0.182 e. The highest BCUT2D eigenvalue weighted by Gasteiger charge is 2.00. The zero-order valence-corrected chi connectivity index (χ0v) is 5.63. The van der Waals surface area contributed by atoms with E-state index in [0.29, 0.717) is 16.3 Å². The van der Waals surface area contributed by atoms with Gasteiger partial charge in [-0.15, -0.1) is 0 Å². The molecule has 0 aromatic carbocycles. The van der Waals surface area contributed by atoms with Gasteiger partial charge < -0.3 is 4.98 Å². The fourth-order valence-electron chi connectivity index (χ4n) is 0.736. The predicted molar refractivity (Wildman–Crippen MR) is 36.7 cm³/mol. The van der Waals surface area contributed by atoms with Crippen LogP contribution in [0.3, 0.4) is 0 Å². The van der Waals surface area contributed by atoms with Crippen LogP contribution in [0.5, 0.6) is 0 Å². The van der Waals surface area contributed by atoms with Crippen molar-refractivity contribution in [1.29, 1.82) is 0 Å². The number of halogens is 1. The highest BCUT2D eigenvalue weighted by atomic mass is 35.5. The molecule has 50 valence electrons. The molecule has 0 aliphatic rings. The summed E-state index contributed by atoms with van der Waals surface area (Å²) in [5.74, 6) is 0. The lowest BCUT2D eigenvalue weighted by molar-refractivity contribution is 1.20. The Morgan fingerprint density at radius 1 is 1.30 bits per heavy atom. The van der Waals surface area contributed by atoms with Crippen LogP contribution in [-0.2, 0) is 0 Å². The fraction of sp³-hybridized carbons (Fsp3) is 0. The van der Waals surface area contributed by atoms with E-state index in [1.54, 1.807) is 0 Å². The molecule has 0 saturated heterocycles. The lowest BCUT2D eigenvalue weighted by Gasteiger charge is -1.86. The van der Waals surface area contributed by atoms with Gasteiger partial charge in [-0.1, -0.05) is 11.6 Å². The molecule has 0 fully saturated rings. The lowest BCUT2D eigenvalue weighted by Crippen LogP contribution is -1.80. The molecule has 1 N–H and O–H groups in total. The standard InChI is InChI=1S/C5H3ClN4/c6-4-3-5(9-1-7-3)10-2-8-4/h1-2H,(H,7,8,9,10)/i8+1,10+1. The maximum atomic E-state index is 5.68. The third-order valence-electron chi connectivity index (χ3n) is 1.18. The van der Waals surface area contributed by atoms with Gasteiger partial charge in [0, 0.05) is 0 Å². The Labute approximate surface area is 61.3 Å². The van der Waals surface area contributed by atoms with Gasteiger partial charge in [-0.25, -0.2) is 15.0 Å². The summed E-state index contributed by atoms with van der Waals surface area (Å²) in [6.45, 7) is 0. The molecule has 0 saturated carbocycles. The van der Waals surface area contributed by atoms with Crippen LogP contribution in [0.1, 0.15) is 0 Å². The zero-order chi connectivity index (χ0) is 6.97. The second-order valence-corrected chi connectivity index (χ2v) is 2.12. The summed E-state index contributed by atoms with van der Waals surface area (Å²) in [6.07, 6.45) is 2.91. The van der Waals surface area contributed by atoms with Gasteiger partial charge in [0.25, 0.3) is 0 Å². The van der Waals surface area contributed by atoms with Gasteiger partial charge in [0.05, 0.1) is 6.33 Å². The Kier molecular flexibility index (Phi) is 1.07. The molecule has 0 bridgehead atoms. The second-order valence-electron chi connectivity index (χ2n) is 1.77. The van der Waals surface area contributed by atoms with E-state index >= 15 is 0 Å². The van der Waals surface area contributed by atoms with Gasteiger partial charge in [-0.2, -0.15) is 0 Å². The van der Waals surface area contributed by atoms with Crippen LogP contribution in [0.4, 0.5) is 0 Å². The van der Waals surface area contributed by atoms with Gasteiger partial charge in [-0.3, -0.25) is 0 Å². The van der Waals surface area contributed by atoms with Crippen molar-refractivity contribution in [3.63, 3.8) is 0 Å². The maximum absolute atomic E-state index is 5.68. The first-order chi connectivity index (χ1) is 4.88. The number of H-pyrrole nitrogens is 1. The Morgan fingerprint density at radius 2 is 2.20 bits per heavy atom. The van der Waals surface area contributed by atoms with Gasteiger partial charge in [0.1, 0.15) is 11.8 Å². The van der Waals surface area contributed by atoms with Crippen LogP contribution < -0.4 is 0 Å². The number of nitrogens with zero attached hydrogens (tertiary/aromatic N) is 3. The van der Waals surface area contributed by atoms with Crippen molar-refractivity contribution in [3.8, 4) is 0 Å². The molecule has 2 aromatic rings. The minimum atomic E-state index is 0.405. The third kappa shape index (κ3) is 0.657. The van der Waals surface area contributed by atoms with E-state index in [-0.39, 0.29) is 0 Å². The summed E-state index contributed by atoms with van der Waals surface area (Å²) >= 11 is 5.68. The third-order valence-corrected chi connectivity index (χ3v) is 1.46. The van der Waals surface area contributed by atoms with Crippen LogP contribution in [0, 0.1) is 0 Å². The molecule has 4 nitrogen and oxygen atoms in total. The molecule has 0 spiro atoms. The zero-order valence-electron chi connectivity index (χ0n) is 4.87. The molecule has 2 rings (SSSR count). The molecule has 5 heteroatoms. The summed E-state index contributed by atoms with van der Waals surface area (Å²) in [5, 5.41) is 0.405. The van der Waals surface area contributed by atoms with Gasteiger partial charge in [0.2, 0.25) is 0 Å². The molecule has 0 aliphatic carbocycles. The second kappa shape index (κ2) is 1.91. The maximum Gasteiger partial charge on any atom is 0.182 e. The number of aromatic nitrogens is 4. The van der Waals surface area contributed by atoms with Crippen molar-refractivity contribution in [1.82, 2.24) is 19.9 Å². The summed E-state index contributed by atoms with van der Waals surface area (Å²) in [5.41, 5.74) is 1.28. The topological polar surface area (TPSA) is 54.5 Å². The fourth-order valence-corrected chi connectivity index (χ4v) is 0.918. The van der Waals surface area contributed by atoms with E-state index in [2.05, 4.69) is 19.9 Å². The SMILES string of the molecule is Clc1[15n]c[15n]c2nc[nH]c12.